The average Bonchev–Trinajstić information content (AvgIpc) is 3.13. The van der Waals surface area contributed by atoms with Crippen LogP contribution < -0.4 is 0 Å². The third-order valence-corrected chi connectivity index (χ3v) is 6.08. The molecular weight excluding hydrogens is 318 g/mol. The predicted octanol–water partition coefficient (Wildman–Crippen LogP) is 0.368. The van der Waals surface area contributed by atoms with E-state index in [0.717, 1.165) is 6.42 Å². The number of nitrogens with zero attached hydrogens (tertiary/aromatic N) is 5. The number of carbonyl (C=O) groups is 1. The predicted molar refractivity (Wildman–Crippen MR) is 85.9 cm³/mol. The maximum absolute atomic E-state index is 12.8. The van der Waals surface area contributed by atoms with E-state index in [1.165, 1.54) is 4.31 Å². The lowest BCUT2D eigenvalue weighted by Crippen LogP contribution is -2.48. The van der Waals surface area contributed by atoms with Crippen LogP contribution in [0.3, 0.4) is 0 Å². The minimum atomic E-state index is -3.36. The first-order chi connectivity index (χ1) is 10.9. The van der Waals surface area contributed by atoms with E-state index in [9.17, 15) is 13.2 Å². The van der Waals surface area contributed by atoms with Gasteiger partial charge in [-0.3, -0.25) is 9.48 Å². The van der Waals surface area contributed by atoms with Crippen molar-refractivity contribution in [2.75, 3.05) is 18.8 Å². The molecule has 1 saturated heterocycles. The lowest BCUT2D eigenvalue weighted by atomic mass is 10.2. The molecule has 8 nitrogen and oxygen atoms in total. The van der Waals surface area contributed by atoms with Crippen LogP contribution in [0.25, 0.3) is 0 Å². The molecule has 0 spiro atoms. The molecule has 23 heavy (non-hydrogen) atoms. The molecular formula is C14H25N5O3S. The van der Waals surface area contributed by atoms with Crippen molar-refractivity contribution in [1.29, 1.82) is 0 Å². The Bertz CT molecular complexity index is 643. The van der Waals surface area contributed by atoms with Gasteiger partial charge in [-0.15, -0.1) is 5.10 Å². The van der Waals surface area contributed by atoms with Crippen LogP contribution in [-0.4, -0.2) is 63.4 Å². The van der Waals surface area contributed by atoms with Gasteiger partial charge in [0, 0.05) is 26.3 Å². The molecule has 0 aliphatic carbocycles. The number of rotatable bonds is 7. The number of likely N-dealkylation sites (N-methyl/N-ethyl adjacent to an activating group) is 1. The van der Waals surface area contributed by atoms with Gasteiger partial charge in [0.15, 0.2) is 0 Å². The molecule has 1 aromatic heterocycles. The minimum absolute atomic E-state index is 0.0903. The summed E-state index contributed by atoms with van der Waals surface area (Å²) >= 11 is 0. The first-order valence-corrected chi connectivity index (χ1v) is 9.63. The molecule has 9 heteroatoms. The molecule has 1 atom stereocenters. The Hall–Kier alpha value is -1.48. The maximum Gasteiger partial charge on any atom is 0.241 e. The second-order valence-electron chi connectivity index (χ2n) is 5.82. The fourth-order valence-corrected chi connectivity index (χ4v) is 4.66. The van der Waals surface area contributed by atoms with E-state index in [1.807, 2.05) is 13.8 Å². The van der Waals surface area contributed by atoms with Crippen molar-refractivity contribution >= 4 is 15.9 Å². The quantitative estimate of drug-likeness (QED) is 0.713. The number of hydrogen-bond acceptors (Lipinski definition) is 5. The second-order valence-corrected chi connectivity index (χ2v) is 7.86. The van der Waals surface area contributed by atoms with Crippen LogP contribution in [0, 0.1) is 0 Å². The molecule has 0 radical (unpaired) electrons. The van der Waals surface area contributed by atoms with Crippen LogP contribution in [-0.2, 0) is 28.4 Å². The standard InChI is InChI=1S/C14H25N5O3S/c1-4-9-23(21,22)19-8-6-7-13(19)14(20)18(5-2)11-12-10-17(3)16-15-12/h10,13H,4-9,11H2,1-3H3. The van der Waals surface area contributed by atoms with Crippen molar-refractivity contribution in [1.82, 2.24) is 24.2 Å². The monoisotopic (exact) mass is 343 g/mol. The van der Waals surface area contributed by atoms with E-state index in [1.54, 1.807) is 22.8 Å². The van der Waals surface area contributed by atoms with Gasteiger partial charge in [-0.1, -0.05) is 12.1 Å². The van der Waals surface area contributed by atoms with Crippen LogP contribution in [0.15, 0.2) is 6.20 Å². The van der Waals surface area contributed by atoms with Gasteiger partial charge in [0.2, 0.25) is 15.9 Å². The highest BCUT2D eigenvalue weighted by molar-refractivity contribution is 7.89. The van der Waals surface area contributed by atoms with Crippen molar-refractivity contribution < 1.29 is 13.2 Å². The molecule has 130 valence electrons. The average molecular weight is 343 g/mol. The topological polar surface area (TPSA) is 88.4 Å². The van der Waals surface area contributed by atoms with Crippen LogP contribution in [0.2, 0.25) is 0 Å². The van der Waals surface area contributed by atoms with Crippen molar-refractivity contribution in [3.05, 3.63) is 11.9 Å². The summed E-state index contributed by atoms with van der Waals surface area (Å²) in [6.45, 7) is 5.00. The summed E-state index contributed by atoms with van der Waals surface area (Å²) in [5.41, 5.74) is 0.698. The fourth-order valence-electron chi connectivity index (χ4n) is 2.91. The highest BCUT2D eigenvalue weighted by atomic mass is 32.2. The molecule has 2 heterocycles. The Morgan fingerprint density at radius 2 is 2.17 bits per heavy atom. The number of hydrogen-bond donors (Lipinski definition) is 0. The summed E-state index contributed by atoms with van der Waals surface area (Å²) in [6, 6.07) is -0.580. The van der Waals surface area contributed by atoms with Gasteiger partial charge in [-0.05, 0) is 26.2 Å². The van der Waals surface area contributed by atoms with Gasteiger partial charge in [0.1, 0.15) is 11.7 Å². The SMILES string of the molecule is CCCS(=O)(=O)N1CCCC1C(=O)N(CC)Cc1cn(C)nn1. The third-order valence-electron chi connectivity index (χ3n) is 4.00. The molecule has 1 aliphatic rings. The van der Waals surface area contributed by atoms with Gasteiger partial charge in [0.25, 0.3) is 0 Å². The zero-order valence-corrected chi connectivity index (χ0v) is 14.8. The number of aryl methyl sites for hydroxylation is 1. The van der Waals surface area contributed by atoms with Gasteiger partial charge in [-0.2, -0.15) is 4.31 Å². The smallest absolute Gasteiger partial charge is 0.241 e. The van der Waals surface area contributed by atoms with Crippen LogP contribution in [0.1, 0.15) is 38.8 Å². The molecule has 1 unspecified atom stereocenters. The molecule has 1 aliphatic heterocycles. The third kappa shape index (κ3) is 4.08. The molecule has 2 rings (SSSR count). The van der Waals surface area contributed by atoms with Gasteiger partial charge in [0.05, 0.1) is 12.3 Å². The minimum Gasteiger partial charge on any atom is -0.336 e. The zero-order valence-electron chi connectivity index (χ0n) is 14.0. The number of carbonyl (C=O) groups excluding carboxylic acids is 1. The van der Waals surface area contributed by atoms with Crippen molar-refractivity contribution in [2.24, 2.45) is 7.05 Å². The highest BCUT2D eigenvalue weighted by Crippen LogP contribution is 2.24. The summed E-state index contributed by atoms with van der Waals surface area (Å²) in [5.74, 6) is -0.0529. The normalized spacial score (nSPS) is 19.2. The Balaban J connectivity index is 2.12. The summed E-state index contributed by atoms with van der Waals surface area (Å²) in [4.78, 5) is 14.5. The van der Waals surface area contributed by atoms with Crippen LogP contribution in [0.5, 0.6) is 0 Å². The molecule has 0 saturated carbocycles. The van der Waals surface area contributed by atoms with E-state index in [0.29, 0.717) is 38.2 Å². The van der Waals surface area contributed by atoms with E-state index in [4.69, 9.17) is 0 Å². The van der Waals surface area contributed by atoms with E-state index < -0.39 is 16.1 Å². The summed E-state index contributed by atoms with van der Waals surface area (Å²) < 4.78 is 27.7. The maximum atomic E-state index is 12.8. The first kappa shape index (κ1) is 17.9. The van der Waals surface area contributed by atoms with Gasteiger partial charge >= 0.3 is 0 Å². The van der Waals surface area contributed by atoms with E-state index in [2.05, 4.69) is 10.3 Å². The van der Waals surface area contributed by atoms with Crippen LogP contribution in [0.4, 0.5) is 0 Å². The highest BCUT2D eigenvalue weighted by Gasteiger charge is 2.39. The van der Waals surface area contributed by atoms with E-state index >= 15 is 0 Å². The Kier molecular flexibility index (Phi) is 5.74. The largest absolute Gasteiger partial charge is 0.336 e. The lowest BCUT2D eigenvalue weighted by molar-refractivity contribution is -0.135. The molecule has 0 bridgehead atoms. The number of amides is 1. The van der Waals surface area contributed by atoms with Crippen molar-refractivity contribution in [2.45, 2.75) is 45.7 Å². The van der Waals surface area contributed by atoms with E-state index in [-0.39, 0.29) is 11.7 Å². The molecule has 1 aromatic rings. The fraction of sp³-hybridized carbons (Fsp3) is 0.786. The first-order valence-electron chi connectivity index (χ1n) is 8.02. The van der Waals surface area contributed by atoms with Gasteiger partial charge < -0.3 is 4.90 Å². The Morgan fingerprint density at radius 1 is 1.43 bits per heavy atom. The van der Waals surface area contributed by atoms with Gasteiger partial charge in [-0.25, -0.2) is 8.42 Å². The molecule has 1 fully saturated rings. The number of sulfonamides is 1. The Labute approximate surface area is 137 Å². The summed E-state index contributed by atoms with van der Waals surface area (Å²) in [5, 5.41) is 7.86. The molecule has 0 N–H and O–H groups in total. The summed E-state index contributed by atoms with van der Waals surface area (Å²) in [6.07, 6.45) is 3.62. The summed E-state index contributed by atoms with van der Waals surface area (Å²) in [7, 11) is -1.59. The molecule has 0 aromatic carbocycles. The van der Waals surface area contributed by atoms with Crippen LogP contribution >= 0.6 is 0 Å². The second kappa shape index (κ2) is 7.39. The zero-order chi connectivity index (χ0) is 17.0. The van der Waals surface area contributed by atoms with Crippen molar-refractivity contribution in [3.63, 3.8) is 0 Å². The Morgan fingerprint density at radius 3 is 2.74 bits per heavy atom. The number of aromatic nitrogens is 3. The lowest BCUT2D eigenvalue weighted by Gasteiger charge is -2.28. The molecule has 1 amide bonds. The van der Waals surface area contributed by atoms with Crippen molar-refractivity contribution in [3.8, 4) is 0 Å².